The maximum Gasteiger partial charge on any atom is 0.140 e. The summed E-state index contributed by atoms with van der Waals surface area (Å²) in [6.07, 6.45) is 5.26. The summed E-state index contributed by atoms with van der Waals surface area (Å²) < 4.78 is 2.37. The van der Waals surface area contributed by atoms with Gasteiger partial charge in [-0.2, -0.15) is 0 Å². The summed E-state index contributed by atoms with van der Waals surface area (Å²) in [6.45, 7) is 3.18. The van der Waals surface area contributed by atoms with Crippen molar-refractivity contribution in [2.45, 2.75) is 38.8 Å². The highest BCUT2D eigenvalue weighted by Gasteiger charge is 2.21. The van der Waals surface area contributed by atoms with Crippen LogP contribution in [0.5, 0.6) is 0 Å². The van der Waals surface area contributed by atoms with Crippen molar-refractivity contribution in [3.63, 3.8) is 0 Å². The molecule has 3 nitrogen and oxygen atoms in total. The zero-order chi connectivity index (χ0) is 11.1. The van der Waals surface area contributed by atoms with Gasteiger partial charge in [-0.15, -0.1) is 0 Å². The summed E-state index contributed by atoms with van der Waals surface area (Å²) >= 11 is 0. The van der Waals surface area contributed by atoms with Crippen LogP contribution in [-0.2, 0) is 19.4 Å². The molecule has 0 radical (unpaired) electrons. The number of nitrogens with zero attached hydrogens (tertiary/aromatic N) is 2. The van der Waals surface area contributed by atoms with Crippen LogP contribution in [0.15, 0.2) is 18.3 Å². The van der Waals surface area contributed by atoms with Gasteiger partial charge >= 0.3 is 0 Å². The van der Waals surface area contributed by atoms with Crippen LogP contribution in [0.25, 0.3) is 11.0 Å². The van der Waals surface area contributed by atoms with Crippen molar-refractivity contribution >= 4 is 11.0 Å². The molecular weight excluding hydrogens is 198 g/mol. The number of nitrogens with two attached hydrogens (primary N) is 1. The van der Waals surface area contributed by atoms with Gasteiger partial charge in [0, 0.05) is 29.9 Å². The maximum atomic E-state index is 5.94. The monoisotopic (exact) mass is 215 g/mol. The average molecular weight is 215 g/mol. The first kappa shape index (κ1) is 9.85. The fourth-order valence-electron chi connectivity index (χ4n) is 2.77. The first-order chi connectivity index (χ1) is 7.77. The van der Waals surface area contributed by atoms with Crippen molar-refractivity contribution in [2.75, 3.05) is 0 Å². The highest BCUT2D eigenvalue weighted by molar-refractivity contribution is 5.82. The van der Waals surface area contributed by atoms with E-state index in [0.29, 0.717) is 0 Å². The molecule has 0 spiro atoms. The standard InChI is InChI=1S/C13H17N3/c1-9(14)8-11-10-4-2-6-15-13(10)16-7-3-5-12(11)16/h2,4,6,9H,3,5,7-8,14H2,1H3/t9-/m0/s1. The third-order valence-electron chi connectivity index (χ3n) is 3.36. The average Bonchev–Trinajstić information content (AvgIpc) is 2.82. The van der Waals surface area contributed by atoms with E-state index < -0.39 is 0 Å². The molecule has 0 bridgehead atoms. The van der Waals surface area contributed by atoms with E-state index in [1.807, 2.05) is 12.3 Å². The number of rotatable bonds is 2. The van der Waals surface area contributed by atoms with Gasteiger partial charge in [-0.1, -0.05) is 0 Å². The molecule has 2 aromatic rings. The smallest absolute Gasteiger partial charge is 0.140 e. The Balaban J connectivity index is 2.25. The van der Waals surface area contributed by atoms with Crippen LogP contribution in [0, 0.1) is 0 Å². The Hall–Kier alpha value is -1.35. The van der Waals surface area contributed by atoms with E-state index in [1.54, 1.807) is 0 Å². The van der Waals surface area contributed by atoms with Crippen molar-refractivity contribution < 1.29 is 0 Å². The van der Waals surface area contributed by atoms with Gasteiger partial charge in [0.25, 0.3) is 0 Å². The number of pyridine rings is 1. The summed E-state index contributed by atoms with van der Waals surface area (Å²) in [6, 6.07) is 4.41. The van der Waals surface area contributed by atoms with Crippen molar-refractivity contribution in [1.82, 2.24) is 9.55 Å². The van der Waals surface area contributed by atoms with E-state index in [2.05, 4.69) is 22.5 Å². The SMILES string of the molecule is C[C@H](N)Cc1c2n(c3ncccc13)CCC2. The molecule has 0 unspecified atom stereocenters. The molecule has 84 valence electrons. The third-order valence-corrected chi connectivity index (χ3v) is 3.36. The molecule has 3 rings (SSSR count). The molecule has 2 N–H and O–H groups in total. The molecule has 0 saturated carbocycles. The quantitative estimate of drug-likeness (QED) is 0.831. The van der Waals surface area contributed by atoms with Crippen LogP contribution in [0.2, 0.25) is 0 Å². The summed E-state index contributed by atoms with van der Waals surface area (Å²) in [5, 5.41) is 1.30. The maximum absolute atomic E-state index is 5.94. The molecule has 3 heteroatoms. The first-order valence-electron chi connectivity index (χ1n) is 5.98. The van der Waals surface area contributed by atoms with Gasteiger partial charge in [-0.05, 0) is 43.9 Å². The zero-order valence-corrected chi connectivity index (χ0v) is 9.61. The van der Waals surface area contributed by atoms with E-state index in [4.69, 9.17) is 5.73 Å². The molecule has 1 atom stereocenters. The Morgan fingerprint density at radius 2 is 2.44 bits per heavy atom. The lowest BCUT2D eigenvalue weighted by molar-refractivity contribution is 0.732. The number of hydrogen-bond acceptors (Lipinski definition) is 2. The molecule has 3 heterocycles. The van der Waals surface area contributed by atoms with E-state index in [9.17, 15) is 0 Å². The van der Waals surface area contributed by atoms with Gasteiger partial charge in [0.15, 0.2) is 0 Å². The van der Waals surface area contributed by atoms with Crippen LogP contribution in [0.1, 0.15) is 24.6 Å². The Kier molecular flexibility index (Phi) is 2.21. The lowest BCUT2D eigenvalue weighted by atomic mass is 10.0. The summed E-state index contributed by atoms with van der Waals surface area (Å²) in [7, 11) is 0. The Morgan fingerprint density at radius 3 is 3.25 bits per heavy atom. The zero-order valence-electron chi connectivity index (χ0n) is 9.61. The molecule has 0 fully saturated rings. The van der Waals surface area contributed by atoms with Gasteiger partial charge in [0.2, 0.25) is 0 Å². The minimum atomic E-state index is 0.219. The second-order valence-electron chi connectivity index (χ2n) is 4.74. The fraction of sp³-hybridized carbons (Fsp3) is 0.462. The minimum Gasteiger partial charge on any atom is -0.329 e. The summed E-state index contributed by atoms with van der Waals surface area (Å²) in [4.78, 5) is 4.50. The van der Waals surface area contributed by atoms with Gasteiger partial charge < -0.3 is 10.3 Å². The molecule has 0 aliphatic carbocycles. The second kappa shape index (κ2) is 3.59. The highest BCUT2D eigenvalue weighted by Crippen LogP contribution is 2.30. The second-order valence-corrected chi connectivity index (χ2v) is 4.74. The molecule has 0 aromatic carbocycles. The van der Waals surface area contributed by atoms with Crippen LogP contribution >= 0.6 is 0 Å². The highest BCUT2D eigenvalue weighted by atomic mass is 15.1. The Bertz CT molecular complexity index is 525. The molecule has 0 saturated heterocycles. The number of aryl methyl sites for hydroxylation is 1. The molecule has 16 heavy (non-hydrogen) atoms. The molecule has 1 aliphatic rings. The first-order valence-corrected chi connectivity index (χ1v) is 5.98. The summed E-state index contributed by atoms with van der Waals surface area (Å²) in [5.74, 6) is 0. The molecule has 1 aliphatic heterocycles. The number of hydrogen-bond donors (Lipinski definition) is 1. The number of fused-ring (bicyclic) bond motifs is 3. The van der Waals surface area contributed by atoms with Crippen LogP contribution in [0.3, 0.4) is 0 Å². The van der Waals surface area contributed by atoms with E-state index in [0.717, 1.165) is 18.6 Å². The van der Waals surface area contributed by atoms with E-state index in [-0.39, 0.29) is 6.04 Å². The van der Waals surface area contributed by atoms with E-state index >= 15 is 0 Å². The lowest BCUT2D eigenvalue weighted by Gasteiger charge is -2.05. The molecule has 2 aromatic heterocycles. The van der Waals surface area contributed by atoms with Crippen molar-refractivity contribution in [1.29, 1.82) is 0 Å². The predicted molar refractivity (Wildman–Crippen MR) is 65.4 cm³/mol. The van der Waals surface area contributed by atoms with Gasteiger partial charge in [-0.3, -0.25) is 0 Å². The third kappa shape index (κ3) is 1.35. The van der Waals surface area contributed by atoms with Crippen LogP contribution < -0.4 is 5.73 Å². The minimum absolute atomic E-state index is 0.219. The van der Waals surface area contributed by atoms with Gasteiger partial charge in [0.05, 0.1) is 0 Å². The van der Waals surface area contributed by atoms with Crippen molar-refractivity contribution in [2.24, 2.45) is 5.73 Å². The predicted octanol–water partition coefficient (Wildman–Crippen LogP) is 1.87. The van der Waals surface area contributed by atoms with Crippen molar-refractivity contribution in [3.05, 3.63) is 29.6 Å². The normalized spacial score (nSPS) is 16.6. The van der Waals surface area contributed by atoms with Crippen LogP contribution in [-0.4, -0.2) is 15.6 Å². The summed E-state index contributed by atoms with van der Waals surface area (Å²) in [5.41, 5.74) is 9.97. The molecule has 0 amide bonds. The number of aromatic nitrogens is 2. The van der Waals surface area contributed by atoms with Crippen molar-refractivity contribution in [3.8, 4) is 0 Å². The Morgan fingerprint density at radius 1 is 1.56 bits per heavy atom. The largest absolute Gasteiger partial charge is 0.329 e. The fourth-order valence-corrected chi connectivity index (χ4v) is 2.77. The topological polar surface area (TPSA) is 43.8 Å². The Labute approximate surface area is 95.3 Å². The van der Waals surface area contributed by atoms with Crippen LogP contribution in [0.4, 0.5) is 0 Å². The lowest BCUT2D eigenvalue weighted by Crippen LogP contribution is -2.18. The van der Waals surface area contributed by atoms with Gasteiger partial charge in [0.1, 0.15) is 5.65 Å². The van der Waals surface area contributed by atoms with E-state index in [1.165, 1.54) is 29.5 Å². The molecular formula is C13H17N3. The van der Waals surface area contributed by atoms with Gasteiger partial charge in [-0.25, -0.2) is 4.98 Å².